The van der Waals surface area contributed by atoms with Crippen LogP contribution in [0.2, 0.25) is 0 Å². The molecule has 5 nitrogen and oxygen atoms in total. The van der Waals surface area contributed by atoms with Gasteiger partial charge in [0.2, 0.25) is 0 Å². The van der Waals surface area contributed by atoms with E-state index in [0.717, 1.165) is 44.3 Å². The highest BCUT2D eigenvalue weighted by Gasteiger charge is 2.20. The molecule has 26 heavy (non-hydrogen) atoms. The Balaban J connectivity index is 1.85. The van der Waals surface area contributed by atoms with Crippen molar-refractivity contribution in [3.63, 3.8) is 0 Å². The van der Waals surface area contributed by atoms with Crippen LogP contribution in [-0.4, -0.2) is 32.3 Å². The normalized spacial score (nSPS) is 15.3. The number of nitrogens with one attached hydrogen (secondary N) is 1. The van der Waals surface area contributed by atoms with Gasteiger partial charge in [-0.2, -0.15) is 0 Å². The van der Waals surface area contributed by atoms with E-state index in [0.29, 0.717) is 11.3 Å². The van der Waals surface area contributed by atoms with E-state index < -0.39 is 10.0 Å². The minimum atomic E-state index is -3.68. The third-order valence-corrected chi connectivity index (χ3v) is 6.06. The number of nitrogens with zero attached hydrogens (tertiary/aromatic N) is 1. The number of hydrogen-bond acceptors (Lipinski definition) is 3. The molecule has 2 aromatic carbocycles. The number of sulfonamides is 1. The third-order valence-electron chi connectivity index (χ3n) is 4.68. The van der Waals surface area contributed by atoms with Crippen molar-refractivity contribution in [3.05, 3.63) is 59.7 Å². The van der Waals surface area contributed by atoms with Gasteiger partial charge in [-0.1, -0.05) is 37.1 Å². The Morgan fingerprint density at radius 3 is 2.27 bits per heavy atom. The zero-order valence-corrected chi connectivity index (χ0v) is 15.8. The second-order valence-electron chi connectivity index (χ2n) is 6.65. The van der Waals surface area contributed by atoms with Crippen LogP contribution in [0, 0.1) is 6.92 Å². The molecule has 0 aromatic heterocycles. The predicted molar refractivity (Wildman–Crippen MR) is 103 cm³/mol. The van der Waals surface area contributed by atoms with Gasteiger partial charge in [-0.15, -0.1) is 0 Å². The lowest BCUT2D eigenvalue weighted by Gasteiger charge is -2.21. The standard InChI is InChI=1S/C20H24N2O3S/c1-16-11-12-17(20(23)22-13-7-2-3-8-14-22)15-19(16)21-26(24,25)18-9-5-4-6-10-18/h4-6,9-12,15,21H,2-3,7-8,13-14H2,1H3. The van der Waals surface area contributed by atoms with Crippen molar-refractivity contribution >= 4 is 21.6 Å². The average Bonchev–Trinajstić information content (AvgIpc) is 2.93. The van der Waals surface area contributed by atoms with Gasteiger partial charge in [0, 0.05) is 18.7 Å². The van der Waals surface area contributed by atoms with Crippen LogP contribution in [0.15, 0.2) is 53.4 Å². The molecule has 1 amide bonds. The van der Waals surface area contributed by atoms with Crippen molar-refractivity contribution < 1.29 is 13.2 Å². The first-order valence-corrected chi connectivity index (χ1v) is 10.4. The lowest BCUT2D eigenvalue weighted by molar-refractivity contribution is 0.0761. The molecule has 6 heteroatoms. The molecule has 138 valence electrons. The molecule has 1 saturated heterocycles. The van der Waals surface area contributed by atoms with Gasteiger partial charge in [-0.25, -0.2) is 8.42 Å². The summed E-state index contributed by atoms with van der Waals surface area (Å²) in [4.78, 5) is 14.9. The van der Waals surface area contributed by atoms with E-state index >= 15 is 0 Å². The van der Waals surface area contributed by atoms with Crippen molar-refractivity contribution in [3.8, 4) is 0 Å². The van der Waals surface area contributed by atoms with Crippen molar-refractivity contribution in [1.82, 2.24) is 4.90 Å². The van der Waals surface area contributed by atoms with E-state index in [4.69, 9.17) is 0 Å². The molecule has 2 aromatic rings. The lowest BCUT2D eigenvalue weighted by atomic mass is 10.1. The Labute approximate surface area is 155 Å². The van der Waals surface area contributed by atoms with Crippen molar-refractivity contribution in [2.24, 2.45) is 0 Å². The number of likely N-dealkylation sites (tertiary alicyclic amines) is 1. The first-order valence-electron chi connectivity index (χ1n) is 8.95. The van der Waals surface area contributed by atoms with Crippen molar-refractivity contribution in [2.75, 3.05) is 17.8 Å². The third kappa shape index (κ3) is 4.25. The Morgan fingerprint density at radius 1 is 0.962 bits per heavy atom. The smallest absolute Gasteiger partial charge is 0.261 e. The molecular weight excluding hydrogens is 348 g/mol. The maximum Gasteiger partial charge on any atom is 0.261 e. The van der Waals surface area contributed by atoms with Gasteiger partial charge in [0.05, 0.1) is 10.6 Å². The molecule has 0 spiro atoms. The Bertz CT molecular complexity index is 871. The molecule has 0 aliphatic carbocycles. The van der Waals surface area contributed by atoms with Gasteiger partial charge < -0.3 is 4.90 Å². The van der Waals surface area contributed by atoms with Crippen LogP contribution in [0.25, 0.3) is 0 Å². The second-order valence-corrected chi connectivity index (χ2v) is 8.34. The average molecular weight is 372 g/mol. The molecule has 3 rings (SSSR count). The minimum absolute atomic E-state index is 0.0351. The zero-order chi connectivity index (χ0) is 18.6. The molecule has 0 unspecified atom stereocenters. The maximum atomic E-state index is 12.8. The number of rotatable bonds is 4. The molecule has 1 aliphatic rings. The topological polar surface area (TPSA) is 66.5 Å². The lowest BCUT2D eigenvalue weighted by Crippen LogP contribution is -2.31. The number of anilines is 1. The van der Waals surface area contributed by atoms with Gasteiger partial charge >= 0.3 is 0 Å². The highest BCUT2D eigenvalue weighted by atomic mass is 32.2. The number of carbonyl (C=O) groups excluding carboxylic acids is 1. The number of benzene rings is 2. The fourth-order valence-electron chi connectivity index (χ4n) is 3.12. The van der Waals surface area contributed by atoms with Crippen LogP contribution in [0.4, 0.5) is 5.69 Å². The summed E-state index contributed by atoms with van der Waals surface area (Å²) in [5.41, 5.74) is 1.73. The minimum Gasteiger partial charge on any atom is -0.339 e. The summed E-state index contributed by atoms with van der Waals surface area (Å²) in [7, 11) is -3.68. The SMILES string of the molecule is Cc1ccc(C(=O)N2CCCCCC2)cc1NS(=O)(=O)c1ccccc1. The molecule has 1 N–H and O–H groups in total. The molecule has 0 radical (unpaired) electrons. The van der Waals surface area contributed by atoms with Crippen LogP contribution in [0.1, 0.15) is 41.6 Å². The number of amides is 1. The molecule has 1 fully saturated rings. The summed E-state index contributed by atoms with van der Waals surface area (Å²) in [5.74, 6) is -0.0351. The Kier molecular flexibility index (Phi) is 5.61. The molecule has 0 saturated carbocycles. The first-order chi connectivity index (χ1) is 12.5. The second kappa shape index (κ2) is 7.91. The van der Waals surface area contributed by atoms with Gasteiger partial charge in [0.25, 0.3) is 15.9 Å². The number of aryl methyl sites for hydroxylation is 1. The summed E-state index contributed by atoms with van der Waals surface area (Å²) in [5, 5.41) is 0. The fourth-order valence-corrected chi connectivity index (χ4v) is 4.27. The summed E-state index contributed by atoms with van der Waals surface area (Å²) in [6.45, 7) is 3.35. The zero-order valence-electron chi connectivity index (χ0n) is 14.9. The molecule has 1 heterocycles. The fraction of sp³-hybridized carbons (Fsp3) is 0.350. The highest BCUT2D eigenvalue weighted by molar-refractivity contribution is 7.92. The van der Waals surface area contributed by atoms with Crippen LogP contribution >= 0.6 is 0 Å². The highest BCUT2D eigenvalue weighted by Crippen LogP contribution is 2.23. The van der Waals surface area contributed by atoms with E-state index in [9.17, 15) is 13.2 Å². The summed E-state index contributed by atoms with van der Waals surface area (Å²) < 4.78 is 27.8. The summed E-state index contributed by atoms with van der Waals surface area (Å²) >= 11 is 0. The van der Waals surface area contributed by atoms with Gasteiger partial charge in [0.15, 0.2) is 0 Å². The van der Waals surface area contributed by atoms with Crippen LogP contribution in [-0.2, 0) is 10.0 Å². The molecule has 0 atom stereocenters. The molecular formula is C20H24N2O3S. The van der Waals surface area contributed by atoms with Crippen LogP contribution in [0.5, 0.6) is 0 Å². The molecule has 0 bridgehead atoms. The van der Waals surface area contributed by atoms with E-state index in [1.165, 1.54) is 0 Å². The quantitative estimate of drug-likeness (QED) is 0.887. The number of carbonyl (C=O) groups is 1. The van der Waals surface area contributed by atoms with Crippen molar-refractivity contribution in [2.45, 2.75) is 37.5 Å². The van der Waals surface area contributed by atoms with Crippen LogP contribution < -0.4 is 4.72 Å². The van der Waals surface area contributed by atoms with Gasteiger partial charge in [-0.05, 0) is 49.6 Å². The first kappa shape index (κ1) is 18.5. The van der Waals surface area contributed by atoms with Crippen molar-refractivity contribution in [1.29, 1.82) is 0 Å². The van der Waals surface area contributed by atoms with E-state index in [2.05, 4.69) is 4.72 Å². The Morgan fingerprint density at radius 2 is 1.62 bits per heavy atom. The monoisotopic (exact) mass is 372 g/mol. The summed E-state index contributed by atoms with van der Waals surface area (Å²) in [6.07, 6.45) is 4.34. The van der Waals surface area contributed by atoms with E-state index in [1.54, 1.807) is 48.5 Å². The van der Waals surface area contributed by atoms with E-state index in [1.807, 2.05) is 11.8 Å². The largest absolute Gasteiger partial charge is 0.339 e. The van der Waals surface area contributed by atoms with Crippen LogP contribution in [0.3, 0.4) is 0 Å². The van der Waals surface area contributed by atoms with E-state index in [-0.39, 0.29) is 10.8 Å². The molecule has 1 aliphatic heterocycles. The van der Waals surface area contributed by atoms with Gasteiger partial charge in [0.1, 0.15) is 0 Å². The van der Waals surface area contributed by atoms with Gasteiger partial charge in [-0.3, -0.25) is 9.52 Å². The number of hydrogen-bond donors (Lipinski definition) is 1. The summed E-state index contributed by atoms with van der Waals surface area (Å²) in [6, 6.07) is 13.4. The predicted octanol–water partition coefficient (Wildman–Crippen LogP) is 3.81. The Hall–Kier alpha value is -2.34. The maximum absolute atomic E-state index is 12.8.